The summed E-state index contributed by atoms with van der Waals surface area (Å²) in [4.78, 5) is 0. The van der Waals surface area contributed by atoms with E-state index in [-0.39, 0.29) is 0 Å². The van der Waals surface area contributed by atoms with Gasteiger partial charge in [0, 0.05) is 12.7 Å². The maximum atomic E-state index is 5.20. The molecule has 80 valence electrons. The molecule has 0 unspecified atom stereocenters. The van der Waals surface area contributed by atoms with E-state index in [0.29, 0.717) is 0 Å². The lowest BCUT2D eigenvalue weighted by Gasteiger charge is -2.02. The maximum absolute atomic E-state index is 5.20. The molecule has 1 N–H and O–H groups in total. The molecule has 2 aromatic heterocycles. The molecule has 0 aliphatic carbocycles. The van der Waals surface area contributed by atoms with Crippen LogP contribution < -0.4 is 5.32 Å². The molecular weight excluding hydrogens is 190 g/mol. The highest BCUT2D eigenvalue weighted by Crippen LogP contribution is 1.98. The van der Waals surface area contributed by atoms with Gasteiger partial charge in [-0.25, -0.2) is 0 Å². The Morgan fingerprint density at radius 1 is 1.53 bits per heavy atom. The zero-order chi connectivity index (χ0) is 10.5. The van der Waals surface area contributed by atoms with Gasteiger partial charge >= 0.3 is 0 Å². The van der Waals surface area contributed by atoms with Crippen molar-refractivity contribution in [3.05, 3.63) is 42.1 Å². The zero-order valence-electron chi connectivity index (χ0n) is 8.81. The van der Waals surface area contributed by atoms with Crippen LogP contribution in [0.3, 0.4) is 0 Å². The lowest BCUT2D eigenvalue weighted by molar-refractivity contribution is 0.470. The van der Waals surface area contributed by atoms with E-state index in [0.717, 1.165) is 25.4 Å². The summed E-state index contributed by atoms with van der Waals surface area (Å²) in [5.41, 5.74) is 1.20. The smallest absolute Gasteiger partial charge is 0.117 e. The van der Waals surface area contributed by atoms with Crippen molar-refractivity contribution in [2.45, 2.75) is 20.0 Å². The van der Waals surface area contributed by atoms with Crippen LogP contribution in [0.15, 0.2) is 35.2 Å². The van der Waals surface area contributed by atoms with Crippen molar-refractivity contribution in [3.63, 3.8) is 0 Å². The summed E-state index contributed by atoms with van der Waals surface area (Å²) in [6, 6.07) is 3.86. The average molecular weight is 205 g/mol. The minimum absolute atomic E-state index is 0.771. The van der Waals surface area contributed by atoms with Crippen molar-refractivity contribution in [2.75, 3.05) is 6.54 Å². The predicted molar refractivity (Wildman–Crippen MR) is 57.4 cm³/mol. The van der Waals surface area contributed by atoms with E-state index >= 15 is 0 Å². The van der Waals surface area contributed by atoms with Gasteiger partial charge in [0.05, 0.1) is 25.5 Å². The Morgan fingerprint density at radius 2 is 2.47 bits per heavy atom. The highest BCUT2D eigenvalue weighted by atomic mass is 16.3. The Labute approximate surface area is 88.9 Å². The van der Waals surface area contributed by atoms with Gasteiger partial charge in [-0.3, -0.25) is 4.68 Å². The molecular formula is C11H15N3O. The first kappa shape index (κ1) is 9.98. The summed E-state index contributed by atoms with van der Waals surface area (Å²) in [7, 11) is 0. The van der Waals surface area contributed by atoms with Crippen LogP contribution in [0.1, 0.15) is 11.3 Å². The second-order valence-corrected chi connectivity index (χ2v) is 3.54. The van der Waals surface area contributed by atoms with Gasteiger partial charge in [0.1, 0.15) is 5.76 Å². The van der Waals surface area contributed by atoms with E-state index < -0.39 is 0 Å². The molecule has 2 rings (SSSR count). The second kappa shape index (κ2) is 4.79. The fraction of sp³-hybridized carbons (Fsp3) is 0.364. The molecule has 0 fully saturated rings. The minimum Gasteiger partial charge on any atom is -0.468 e. The quantitative estimate of drug-likeness (QED) is 0.753. The van der Waals surface area contributed by atoms with Crippen LogP contribution in [0.5, 0.6) is 0 Å². The molecule has 0 aromatic carbocycles. The van der Waals surface area contributed by atoms with Crippen LogP contribution in [-0.2, 0) is 13.1 Å². The second-order valence-electron chi connectivity index (χ2n) is 3.54. The Bertz CT molecular complexity index is 392. The van der Waals surface area contributed by atoms with Crippen molar-refractivity contribution in [1.82, 2.24) is 15.1 Å². The molecule has 4 nitrogen and oxygen atoms in total. The van der Waals surface area contributed by atoms with Crippen molar-refractivity contribution in [2.24, 2.45) is 0 Å². The summed E-state index contributed by atoms with van der Waals surface area (Å²) < 4.78 is 7.14. The van der Waals surface area contributed by atoms with E-state index in [2.05, 4.69) is 10.4 Å². The molecule has 2 aromatic rings. The average Bonchev–Trinajstić information content (AvgIpc) is 2.84. The fourth-order valence-corrected chi connectivity index (χ4v) is 1.41. The highest BCUT2D eigenvalue weighted by molar-refractivity contribution is 4.99. The number of nitrogens with zero attached hydrogens (tertiary/aromatic N) is 2. The van der Waals surface area contributed by atoms with Crippen molar-refractivity contribution < 1.29 is 4.42 Å². The van der Waals surface area contributed by atoms with E-state index in [9.17, 15) is 0 Å². The van der Waals surface area contributed by atoms with E-state index in [4.69, 9.17) is 4.42 Å². The van der Waals surface area contributed by atoms with E-state index in [1.165, 1.54) is 5.56 Å². The first-order chi connectivity index (χ1) is 7.34. The largest absolute Gasteiger partial charge is 0.468 e. The van der Waals surface area contributed by atoms with Gasteiger partial charge in [-0.2, -0.15) is 5.10 Å². The van der Waals surface area contributed by atoms with Crippen molar-refractivity contribution in [3.8, 4) is 0 Å². The normalized spacial score (nSPS) is 10.7. The third-order valence-corrected chi connectivity index (χ3v) is 2.16. The van der Waals surface area contributed by atoms with Crippen LogP contribution in [0.2, 0.25) is 0 Å². The Kier molecular flexibility index (Phi) is 3.19. The monoisotopic (exact) mass is 205 g/mol. The van der Waals surface area contributed by atoms with E-state index in [1.54, 1.807) is 6.26 Å². The van der Waals surface area contributed by atoms with Gasteiger partial charge in [-0.1, -0.05) is 0 Å². The van der Waals surface area contributed by atoms with Gasteiger partial charge in [0.2, 0.25) is 0 Å². The van der Waals surface area contributed by atoms with Crippen LogP contribution in [0.4, 0.5) is 0 Å². The minimum atomic E-state index is 0.771. The van der Waals surface area contributed by atoms with Crippen molar-refractivity contribution >= 4 is 0 Å². The van der Waals surface area contributed by atoms with Gasteiger partial charge in [0.15, 0.2) is 0 Å². The van der Waals surface area contributed by atoms with Gasteiger partial charge in [-0.05, 0) is 24.6 Å². The van der Waals surface area contributed by atoms with Crippen LogP contribution in [0.25, 0.3) is 0 Å². The Morgan fingerprint density at radius 3 is 3.13 bits per heavy atom. The number of aryl methyl sites for hydroxylation is 1. The number of rotatable bonds is 5. The molecule has 15 heavy (non-hydrogen) atoms. The molecule has 0 saturated heterocycles. The summed E-state index contributed by atoms with van der Waals surface area (Å²) >= 11 is 0. The third-order valence-electron chi connectivity index (χ3n) is 2.16. The molecule has 0 spiro atoms. The van der Waals surface area contributed by atoms with Crippen LogP contribution in [0, 0.1) is 6.92 Å². The number of nitrogens with one attached hydrogen (secondary N) is 1. The predicted octanol–water partition coefficient (Wildman–Crippen LogP) is 1.57. The van der Waals surface area contributed by atoms with Gasteiger partial charge < -0.3 is 9.73 Å². The first-order valence-corrected chi connectivity index (χ1v) is 5.07. The van der Waals surface area contributed by atoms with Crippen LogP contribution >= 0.6 is 0 Å². The standard InChI is InChI=1S/C11H15N3O/c1-10-7-13-14(9-10)5-4-12-8-11-3-2-6-15-11/h2-3,6-7,9,12H,4-5,8H2,1H3. The first-order valence-electron chi connectivity index (χ1n) is 5.07. The molecule has 2 heterocycles. The molecule has 0 bridgehead atoms. The molecule has 4 heteroatoms. The molecule has 0 atom stereocenters. The lowest BCUT2D eigenvalue weighted by Crippen LogP contribution is -2.19. The molecule has 0 aliphatic heterocycles. The highest BCUT2D eigenvalue weighted by Gasteiger charge is 1.95. The van der Waals surface area contributed by atoms with Gasteiger partial charge in [-0.15, -0.1) is 0 Å². The molecule has 0 amide bonds. The SMILES string of the molecule is Cc1cnn(CCNCc2ccco2)c1. The summed E-state index contributed by atoms with van der Waals surface area (Å²) in [5, 5.41) is 7.49. The summed E-state index contributed by atoms with van der Waals surface area (Å²) in [6.07, 6.45) is 5.59. The zero-order valence-corrected chi connectivity index (χ0v) is 8.81. The van der Waals surface area contributed by atoms with E-state index in [1.807, 2.05) is 36.1 Å². The maximum Gasteiger partial charge on any atom is 0.117 e. The topological polar surface area (TPSA) is 43.0 Å². The molecule has 0 aliphatic rings. The third kappa shape index (κ3) is 2.95. The van der Waals surface area contributed by atoms with Crippen molar-refractivity contribution in [1.29, 1.82) is 0 Å². The summed E-state index contributed by atoms with van der Waals surface area (Å²) in [6.45, 7) is 4.59. The molecule has 0 saturated carbocycles. The number of aromatic nitrogens is 2. The molecule has 0 radical (unpaired) electrons. The number of hydrogen-bond acceptors (Lipinski definition) is 3. The summed E-state index contributed by atoms with van der Waals surface area (Å²) in [5.74, 6) is 0.964. The lowest BCUT2D eigenvalue weighted by atomic mass is 10.4. The van der Waals surface area contributed by atoms with Gasteiger partial charge in [0.25, 0.3) is 0 Å². The number of furan rings is 1. The Hall–Kier alpha value is -1.55. The Balaban J connectivity index is 1.67. The fourth-order valence-electron chi connectivity index (χ4n) is 1.41. The number of hydrogen-bond donors (Lipinski definition) is 1. The van der Waals surface area contributed by atoms with Crippen LogP contribution in [-0.4, -0.2) is 16.3 Å².